The zero-order valence-corrected chi connectivity index (χ0v) is 15.3. The van der Waals surface area contributed by atoms with Gasteiger partial charge in [0.1, 0.15) is 0 Å². The number of rotatable bonds is 7. The van der Waals surface area contributed by atoms with E-state index in [0.717, 1.165) is 36.5 Å². The lowest BCUT2D eigenvalue weighted by molar-refractivity contribution is -0.136. The Morgan fingerprint density at radius 1 is 1.29 bits per heavy atom. The van der Waals surface area contributed by atoms with Gasteiger partial charge in [0.05, 0.1) is 24.8 Å². The standard InChI is InChI=1S/C19H31N3O2/c1-4-5-6-7-8-9-14-12-15-10-11-16-17(18(23)24-3)13(2)20-19(21-14)22(15)16/h14-16H,4-12H2,1-3H3,(H,20,21)/t14-,15+,16-/m0/s1. The predicted octanol–water partition coefficient (Wildman–Crippen LogP) is 3.36. The molecule has 0 unspecified atom stereocenters. The van der Waals surface area contributed by atoms with Crippen molar-refractivity contribution in [2.75, 3.05) is 7.11 Å². The normalized spacial score (nSPS) is 28.4. The van der Waals surface area contributed by atoms with Crippen LogP contribution in [0.15, 0.2) is 16.3 Å². The van der Waals surface area contributed by atoms with E-state index in [1.165, 1.54) is 45.6 Å². The van der Waals surface area contributed by atoms with Crippen molar-refractivity contribution in [3.8, 4) is 0 Å². The molecule has 0 bridgehead atoms. The number of carbonyl (C=O) groups is 1. The van der Waals surface area contributed by atoms with Gasteiger partial charge in [-0.15, -0.1) is 0 Å². The van der Waals surface area contributed by atoms with Gasteiger partial charge in [0.2, 0.25) is 0 Å². The van der Waals surface area contributed by atoms with Gasteiger partial charge >= 0.3 is 5.97 Å². The van der Waals surface area contributed by atoms with Gasteiger partial charge in [-0.1, -0.05) is 39.0 Å². The molecule has 134 valence electrons. The lowest BCUT2D eigenvalue weighted by Gasteiger charge is -2.42. The first-order chi connectivity index (χ1) is 11.7. The summed E-state index contributed by atoms with van der Waals surface area (Å²) in [6, 6.07) is 1.10. The minimum absolute atomic E-state index is 0.146. The molecule has 3 rings (SSSR count). The fourth-order valence-electron chi connectivity index (χ4n) is 4.47. The quantitative estimate of drug-likeness (QED) is 0.573. The fourth-order valence-corrected chi connectivity index (χ4v) is 4.47. The predicted molar refractivity (Wildman–Crippen MR) is 95.7 cm³/mol. The lowest BCUT2D eigenvalue weighted by atomic mass is 9.98. The van der Waals surface area contributed by atoms with Gasteiger partial charge in [0.25, 0.3) is 0 Å². The van der Waals surface area contributed by atoms with Crippen molar-refractivity contribution in [1.29, 1.82) is 0 Å². The first-order valence-corrected chi connectivity index (χ1v) is 9.58. The molecule has 24 heavy (non-hydrogen) atoms. The minimum Gasteiger partial charge on any atom is -0.466 e. The van der Waals surface area contributed by atoms with Crippen LogP contribution in [0.3, 0.4) is 0 Å². The molecule has 0 aromatic rings. The molecular formula is C19H31N3O2. The third kappa shape index (κ3) is 3.31. The van der Waals surface area contributed by atoms with Crippen molar-refractivity contribution in [2.24, 2.45) is 4.99 Å². The van der Waals surface area contributed by atoms with Crippen molar-refractivity contribution in [3.05, 3.63) is 11.3 Å². The number of allylic oxidation sites excluding steroid dienone is 1. The molecule has 1 N–H and O–H groups in total. The van der Waals surface area contributed by atoms with Crippen molar-refractivity contribution < 1.29 is 9.53 Å². The number of hydrogen-bond acceptors (Lipinski definition) is 5. The average molecular weight is 333 g/mol. The topological polar surface area (TPSA) is 53.9 Å². The number of ether oxygens (including phenoxy) is 1. The van der Waals surface area contributed by atoms with Crippen LogP contribution in [0.2, 0.25) is 0 Å². The number of methoxy groups -OCH3 is 1. The summed E-state index contributed by atoms with van der Waals surface area (Å²) in [6.45, 7) is 4.22. The molecule has 0 amide bonds. The van der Waals surface area contributed by atoms with Gasteiger partial charge < -0.3 is 15.0 Å². The van der Waals surface area contributed by atoms with Crippen LogP contribution in [0.4, 0.5) is 0 Å². The monoisotopic (exact) mass is 333 g/mol. The van der Waals surface area contributed by atoms with Crippen LogP contribution in [0, 0.1) is 0 Å². The van der Waals surface area contributed by atoms with Crippen LogP contribution in [0.25, 0.3) is 0 Å². The molecule has 1 fully saturated rings. The Morgan fingerprint density at radius 3 is 2.83 bits per heavy atom. The molecule has 0 aliphatic carbocycles. The van der Waals surface area contributed by atoms with E-state index in [1.807, 2.05) is 6.92 Å². The number of esters is 1. The molecule has 3 heterocycles. The second kappa shape index (κ2) is 7.58. The second-order valence-electron chi connectivity index (χ2n) is 7.35. The lowest BCUT2D eigenvalue weighted by Crippen LogP contribution is -2.56. The van der Waals surface area contributed by atoms with Crippen LogP contribution in [-0.2, 0) is 9.53 Å². The van der Waals surface area contributed by atoms with Gasteiger partial charge in [-0.3, -0.25) is 0 Å². The van der Waals surface area contributed by atoms with Crippen LogP contribution in [0.1, 0.15) is 71.6 Å². The Labute approximate surface area is 145 Å². The van der Waals surface area contributed by atoms with Crippen LogP contribution < -0.4 is 5.32 Å². The fraction of sp³-hybridized carbons (Fsp3) is 0.789. The first-order valence-electron chi connectivity index (χ1n) is 9.58. The Hall–Kier alpha value is -1.52. The molecule has 0 spiro atoms. The summed E-state index contributed by atoms with van der Waals surface area (Å²) in [4.78, 5) is 19.5. The van der Waals surface area contributed by atoms with E-state index in [9.17, 15) is 4.79 Å². The van der Waals surface area contributed by atoms with Crippen LogP contribution in [0.5, 0.6) is 0 Å². The highest BCUT2D eigenvalue weighted by Gasteiger charge is 2.46. The van der Waals surface area contributed by atoms with Gasteiger partial charge in [-0.2, -0.15) is 0 Å². The van der Waals surface area contributed by atoms with E-state index in [4.69, 9.17) is 9.73 Å². The van der Waals surface area contributed by atoms with E-state index < -0.39 is 0 Å². The zero-order valence-electron chi connectivity index (χ0n) is 15.3. The molecule has 1 saturated heterocycles. The van der Waals surface area contributed by atoms with E-state index in [2.05, 4.69) is 17.1 Å². The van der Waals surface area contributed by atoms with Crippen molar-refractivity contribution in [3.63, 3.8) is 0 Å². The molecule has 3 aliphatic rings. The highest BCUT2D eigenvalue weighted by Crippen LogP contribution is 2.38. The summed E-state index contributed by atoms with van der Waals surface area (Å²) < 4.78 is 4.99. The van der Waals surface area contributed by atoms with Crippen molar-refractivity contribution in [1.82, 2.24) is 10.2 Å². The third-order valence-corrected chi connectivity index (χ3v) is 5.68. The molecular weight excluding hydrogens is 302 g/mol. The zero-order chi connectivity index (χ0) is 17.1. The van der Waals surface area contributed by atoms with E-state index in [-0.39, 0.29) is 12.0 Å². The minimum atomic E-state index is -0.206. The summed E-state index contributed by atoms with van der Waals surface area (Å²) in [5.74, 6) is 0.778. The Morgan fingerprint density at radius 2 is 2.08 bits per heavy atom. The molecule has 5 heteroatoms. The SMILES string of the molecule is CCCCCCC[C@H]1C[C@H]2CC[C@H]3C(C(=O)OC)=C(C)NC(=N1)N23. The Balaban J connectivity index is 1.68. The van der Waals surface area contributed by atoms with Crippen LogP contribution in [-0.4, -0.2) is 42.1 Å². The second-order valence-corrected chi connectivity index (χ2v) is 7.35. The summed E-state index contributed by atoms with van der Waals surface area (Å²) in [5, 5.41) is 3.38. The molecule has 5 nitrogen and oxygen atoms in total. The maximum atomic E-state index is 12.1. The van der Waals surface area contributed by atoms with Crippen molar-refractivity contribution in [2.45, 2.75) is 89.8 Å². The molecule has 3 atom stereocenters. The summed E-state index contributed by atoms with van der Waals surface area (Å²) in [6.07, 6.45) is 11.1. The molecule has 0 aromatic carbocycles. The van der Waals surface area contributed by atoms with E-state index >= 15 is 0 Å². The summed E-state index contributed by atoms with van der Waals surface area (Å²) in [7, 11) is 1.46. The van der Waals surface area contributed by atoms with E-state index in [0.29, 0.717) is 12.1 Å². The Bertz CT molecular complexity index is 541. The smallest absolute Gasteiger partial charge is 0.337 e. The molecule has 0 radical (unpaired) electrons. The summed E-state index contributed by atoms with van der Waals surface area (Å²) in [5.41, 5.74) is 1.70. The van der Waals surface area contributed by atoms with Crippen molar-refractivity contribution >= 4 is 11.9 Å². The number of unbranched alkanes of at least 4 members (excludes halogenated alkanes) is 4. The molecule has 0 aromatic heterocycles. The number of nitrogens with one attached hydrogen (secondary N) is 1. The first kappa shape index (κ1) is 17.3. The highest BCUT2D eigenvalue weighted by molar-refractivity contribution is 5.96. The molecule has 3 aliphatic heterocycles. The summed E-state index contributed by atoms with van der Waals surface area (Å²) >= 11 is 0. The number of guanidine groups is 1. The number of hydrogen-bond donors (Lipinski definition) is 1. The maximum absolute atomic E-state index is 12.1. The number of carbonyl (C=O) groups excluding carboxylic acids is 1. The number of nitrogens with zero attached hydrogens (tertiary/aromatic N) is 2. The van der Waals surface area contributed by atoms with E-state index in [1.54, 1.807) is 0 Å². The van der Waals surface area contributed by atoms with Crippen LogP contribution >= 0.6 is 0 Å². The molecule has 0 saturated carbocycles. The number of aliphatic imine (C=N–C) groups is 1. The average Bonchev–Trinajstić information content (AvgIpc) is 2.99. The largest absolute Gasteiger partial charge is 0.466 e. The Kier molecular flexibility index (Phi) is 5.47. The van der Waals surface area contributed by atoms with Gasteiger partial charge in [-0.05, 0) is 32.6 Å². The van der Waals surface area contributed by atoms with Gasteiger partial charge in [-0.25, -0.2) is 9.79 Å². The third-order valence-electron chi connectivity index (χ3n) is 5.68. The van der Waals surface area contributed by atoms with Gasteiger partial charge in [0, 0.05) is 11.7 Å². The maximum Gasteiger partial charge on any atom is 0.337 e. The van der Waals surface area contributed by atoms with Gasteiger partial charge in [0.15, 0.2) is 5.96 Å². The highest BCUT2D eigenvalue weighted by atomic mass is 16.5.